The highest BCUT2D eigenvalue weighted by molar-refractivity contribution is 5.92. The Morgan fingerprint density at radius 3 is 2.40 bits per heavy atom. The molecule has 3 rings (SSSR count). The summed E-state index contributed by atoms with van der Waals surface area (Å²) in [5.41, 5.74) is 2.51. The Balaban J connectivity index is 1.63. The average molecular weight is 332 g/mol. The number of nitrogens with one attached hydrogen (secondary N) is 1. The number of hydrogen-bond acceptors (Lipinski definition) is 4. The molecule has 0 aliphatic carbocycles. The fourth-order valence-electron chi connectivity index (χ4n) is 2.46. The van der Waals surface area contributed by atoms with Gasteiger partial charge in [0.05, 0.1) is 0 Å². The largest absolute Gasteiger partial charge is 0.350 e. The molecule has 0 aliphatic rings. The van der Waals surface area contributed by atoms with Gasteiger partial charge in [-0.15, -0.1) is 0 Å². The highest BCUT2D eigenvalue weighted by Gasteiger charge is 2.11. The number of nitrogens with zero attached hydrogens (tertiary/aromatic N) is 3. The zero-order valence-corrected chi connectivity index (χ0v) is 14.1. The lowest BCUT2D eigenvalue weighted by atomic mass is 10.1. The summed E-state index contributed by atoms with van der Waals surface area (Å²) < 4.78 is 0. The van der Waals surface area contributed by atoms with Gasteiger partial charge in [-0.05, 0) is 30.2 Å². The lowest BCUT2D eigenvalue weighted by Crippen LogP contribution is -2.27. The van der Waals surface area contributed by atoms with Crippen LogP contribution in [-0.2, 0) is 6.42 Å². The third-order valence-corrected chi connectivity index (χ3v) is 3.86. The van der Waals surface area contributed by atoms with Crippen molar-refractivity contribution in [2.75, 3.05) is 18.5 Å². The molecule has 0 saturated heterocycles. The van der Waals surface area contributed by atoms with Crippen LogP contribution in [0.25, 0.3) is 0 Å². The van der Waals surface area contributed by atoms with E-state index in [-0.39, 0.29) is 5.91 Å². The van der Waals surface area contributed by atoms with Crippen LogP contribution in [0.5, 0.6) is 0 Å². The fraction of sp³-hybridized carbons (Fsp3) is 0.150. The number of anilines is 2. The summed E-state index contributed by atoms with van der Waals surface area (Å²) >= 11 is 0. The van der Waals surface area contributed by atoms with Gasteiger partial charge in [-0.3, -0.25) is 4.79 Å². The third kappa shape index (κ3) is 4.41. The molecule has 0 aliphatic heterocycles. The van der Waals surface area contributed by atoms with Crippen molar-refractivity contribution < 1.29 is 4.79 Å². The van der Waals surface area contributed by atoms with Crippen molar-refractivity contribution in [3.63, 3.8) is 0 Å². The molecule has 0 atom stereocenters. The molecule has 0 saturated carbocycles. The van der Waals surface area contributed by atoms with Crippen molar-refractivity contribution in [1.29, 1.82) is 0 Å². The minimum Gasteiger partial charge on any atom is -0.350 e. The molecule has 0 radical (unpaired) electrons. The van der Waals surface area contributed by atoms with Gasteiger partial charge in [0.15, 0.2) is 0 Å². The van der Waals surface area contributed by atoms with E-state index in [1.54, 1.807) is 12.3 Å². The van der Waals surface area contributed by atoms with Crippen molar-refractivity contribution in [3.8, 4) is 0 Å². The van der Waals surface area contributed by atoms with Crippen LogP contribution in [0.4, 0.5) is 11.6 Å². The maximum absolute atomic E-state index is 12.3. The second-order valence-electron chi connectivity index (χ2n) is 5.63. The van der Waals surface area contributed by atoms with E-state index in [0.717, 1.165) is 12.1 Å². The van der Waals surface area contributed by atoms with E-state index in [0.29, 0.717) is 18.2 Å². The van der Waals surface area contributed by atoms with Crippen LogP contribution >= 0.6 is 0 Å². The molecule has 3 aromatic rings. The molecule has 2 aromatic carbocycles. The number of benzene rings is 2. The summed E-state index contributed by atoms with van der Waals surface area (Å²) in [6.45, 7) is 0.566. The van der Waals surface area contributed by atoms with Gasteiger partial charge in [-0.25, -0.2) is 9.97 Å². The van der Waals surface area contributed by atoms with E-state index in [4.69, 9.17) is 0 Å². The number of aromatic nitrogens is 2. The lowest BCUT2D eigenvalue weighted by molar-refractivity contribution is 0.0949. The summed E-state index contributed by atoms with van der Waals surface area (Å²) in [6, 6.07) is 21.5. The van der Waals surface area contributed by atoms with Crippen molar-refractivity contribution in [3.05, 3.63) is 84.2 Å². The molecule has 1 aromatic heterocycles. The molecule has 0 fully saturated rings. The molecule has 0 spiro atoms. The molecule has 5 heteroatoms. The van der Waals surface area contributed by atoms with Crippen LogP contribution in [-0.4, -0.2) is 29.5 Å². The van der Waals surface area contributed by atoms with Crippen LogP contribution in [0.15, 0.2) is 72.9 Å². The Kier molecular flexibility index (Phi) is 5.36. The van der Waals surface area contributed by atoms with Crippen LogP contribution < -0.4 is 10.2 Å². The Hall–Kier alpha value is -3.21. The molecule has 5 nitrogen and oxygen atoms in total. The van der Waals surface area contributed by atoms with Gasteiger partial charge in [0.1, 0.15) is 5.69 Å². The molecule has 126 valence electrons. The first-order valence-electron chi connectivity index (χ1n) is 8.18. The number of para-hydroxylation sites is 1. The van der Waals surface area contributed by atoms with Gasteiger partial charge >= 0.3 is 0 Å². The molecule has 1 amide bonds. The maximum atomic E-state index is 12.3. The topological polar surface area (TPSA) is 58.1 Å². The Bertz CT molecular complexity index is 821. The molecule has 1 N–H and O–H groups in total. The minimum atomic E-state index is -0.193. The van der Waals surface area contributed by atoms with Crippen molar-refractivity contribution in [2.24, 2.45) is 0 Å². The minimum absolute atomic E-state index is 0.193. The standard InChI is InChI=1S/C20H20N4O/c1-24(17-10-6-3-7-11-17)20-22-15-13-18(23-20)19(25)21-14-12-16-8-4-2-5-9-16/h2-11,13,15H,12,14H2,1H3,(H,21,25). The van der Waals surface area contributed by atoms with Gasteiger partial charge < -0.3 is 10.2 Å². The van der Waals surface area contributed by atoms with E-state index in [1.165, 1.54) is 5.56 Å². The summed E-state index contributed by atoms with van der Waals surface area (Å²) in [5.74, 6) is 0.294. The Morgan fingerprint density at radius 2 is 1.68 bits per heavy atom. The molecular formula is C20H20N4O. The Labute approximate surface area is 147 Å². The summed E-state index contributed by atoms with van der Waals surface area (Å²) in [4.78, 5) is 22.8. The van der Waals surface area contributed by atoms with Crippen LogP contribution in [0.1, 0.15) is 16.1 Å². The highest BCUT2D eigenvalue weighted by atomic mass is 16.1. The zero-order chi connectivity index (χ0) is 17.5. The number of rotatable bonds is 6. The maximum Gasteiger partial charge on any atom is 0.270 e. The van der Waals surface area contributed by atoms with E-state index < -0.39 is 0 Å². The molecular weight excluding hydrogens is 312 g/mol. The number of amides is 1. The first-order valence-corrected chi connectivity index (χ1v) is 8.18. The molecule has 1 heterocycles. The van der Waals surface area contributed by atoms with Crippen LogP contribution in [0.2, 0.25) is 0 Å². The number of carbonyl (C=O) groups excluding carboxylic acids is 1. The predicted molar refractivity (Wildman–Crippen MR) is 99.0 cm³/mol. The smallest absolute Gasteiger partial charge is 0.270 e. The summed E-state index contributed by atoms with van der Waals surface area (Å²) in [6.07, 6.45) is 2.39. The predicted octanol–water partition coefficient (Wildman–Crippen LogP) is 3.22. The zero-order valence-electron chi connectivity index (χ0n) is 14.1. The van der Waals surface area contributed by atoms with Crippen molar-refractivity contribution in [1.82, 2.24) is 15.3 Å². The first-order chi connectivity index (χ1) is 12.2. The second kappa shape index (κ2) is 8.06. The molecule has 25 heavy (non-hydrogen) atoms. The Morgan fingerprint density at radius 1 is 1.00 bits per heavy atom. The normalized spacial score (nSPS) is 10.3. The summed E-state index contributed by atoms with van der Waals surface area (Å²) in [7, 11) is 1.88. The number of carbonyl (C=O) groups is 1. The second-order valence-corrected chi connectivity index (χ2v) is 5.63. The SMILES string of the molecule is CN(c1ccccc1)c1nccc(C(=O)NCCc2ccccc2)n1. The lowest BCUT2D eigenvalue weighted by Gasteiger charge is -2.17. The average Bonchev–Trinajstić information content (AvgIpc) is 2.69. The monoisotopic (exact) mass is 332 g/mol. The quantitative estimate of drug-likeness (QED) is 0.753. The van der Waals surface area contributed by atoms with Crippen LogP contribution in [0.3, 0.4) is 0 Å². The number of hydrogen-bond donors (Lipinski definition) is 1. The third-order valence-electron chi connectivity index (χ3n) is 3.86. The summed E-state index contributed by atoms with van der Waals surface area (Å²) in [5, 5.41) is 2.91. The fourth-order valence-corrected chi connectivity index (χ4v) is 2.46. The van der Waals surface area contributed by atoms with Gasteiger partial charge in [0.2, 0.25) is 5.95 Å². The van der Waals surface area contributed by atoms with Crippen LogP contribution in [0, 0.1) is 0 Å². The highest BCUT2D eigenvalue weighted by Crippen LogP contribution is 2.18. The van der Waals surface area contributed by atoms with E-state index >= 15 is 0 Å². The van der Waals surface area contributed by atoms with Gasteiger partial charge in [0, 0.05) is 25.5 Å². The van der Waals surface area contributed by atoms with E-state index in [2.05, 4.69) is 15.3 Å². The van der Waals surface area contributed by atoms with E-state index in [1.807, 2.05) is 72.6 Å². The molecule has 0 bridgehead atoms. The van der Waals surface area contributed by atoms with Crippen molar-refractivity contribution >= 4 is 17.5 Å². The van der Waals surface area contributed by atoms with E-state index in [9.17, 15) is 4.79 Å². The van der Waals surface area contributed by atoms with Gasteiger partial charge in [0.25, 0.3) is 5.91 Å². The molecule has 0 unspecified atom stereocenters. The first kappa shape index (κ1) is 16.6. The van der Waals surface area contributed by atoms with Crippen molar-refractivity contribution in [2.45, 2.75) is 6.42 Å². The van der Waals surface area contributed by atoms with Gasteiger partial charge in [-0.1, -0.05) is 48.5 Å². The van der Waals surface area contributed by atoms with Gasteiger partial charge in [-0.2, -0.15) is 0 Å².